The molecule has 0 spiro atoms. The fourth-order valence-corrected chi connectivity index (χ4v) is 6.01. The number of nitrogens with zero attached hydrogens (tertiary/aromatic N) is 1. The Labute approximate surface area is 234 Å². The first-order chi connectivity index (χ1) is 18.8. The normalized spacial score (nSPS) is 22.3. The summed E-state index contributed by atoms with van der Waals surface area (Å²) in [5.41, 5.74) is 1.00. The smallest absolute Gasteiger partial charge is 0.261 e. The molecular formula is C29H28Cl2FN3O4. The number of benzene rings is 2. The van der Waals surface area contributed by atoms with Crippen molar-refractivity contribution in [3.05, 3.63) is 73.7 Å². The maximum atomic E-state index is 14.2. The lowest BCUT2D eigenvalue weighted by Crippen LogP contribution is -2.43. The molecule has 0 saturated heterocycles. The van der Waals surface area contributed by atoms with Crippen LogP contribution in [0.15, 0.2) is 41.3 Å². The van der Waals surface area contributed by atoms with Crippen molar-refractivity contribution in [2.75, 3.05) is 6.54 Å². The van der Waals surface area contributed by atoms with E-state index in [4.69, 9.17) is 27.9 Å². The van der Waals surface area contributed by atoms with Gasteiger partial charge in [0.2, 0.25) is 5.43 Å². The number of hydrogen-bond donors (Lipinski definition) is 2. The van der Waals surface area contributed by atoms with E-state index in [0.29, 0.717) is 35.2 Å². The van der Waals surface area contributed by atoms with Crippen molar-refractivity contribution in [2.45, 2.75) is 63.1 Å². The van der Waals surface area contributed by atoms with Gasteiger partial charge < -0.3 is 19.9 Å². The molecule has 1 atom stereocenters. The van der Waals surface area contributed by atoms with Gasteiger partial charge >= 0.3 is 0 Å². The van der Waals surface area contributed by atoms with Crippen molar-refractivity contribution < 1.29 is 18.7 Å². The summed E-state index contributed by atoms with van der Waals surface area (Å²) in [7, 11) is 0. The first kappa shape index (κ1) is 26.1. The van der Waals surface area contributed by atoms with Gasteiger partial charge in [-0.25, -0.2) is 4.39 Å². The number of carbonyl (C=O) groups is 2. The summed E-state index contributed by atoms with van der Waals surface area (Å²) >= 11 is 12.0. The Kier molecular flexibility index (Phi) is 7.02. The molecule has 7 nitrogen and oxygen atoms in total. The van der Waals surface area contributed by atoms with Gasteiger partial charge in [0, 0.05) is 41.7 Å². The third kappa shape index (κ3) is 5.37. The van der Waals surface area contributed by atoms with Crippen molar-refractivity contribution in [3.8, 4) is 5.75 Å². The summed E-state index contributed by atoms with van der Waals surface area (Å²) in [5.74, 6) is -0.277. The van der Waals surface area contributed by atoms with Crippen LogP contribution in [0.1, 0.15) is 60.5 Å². The summed E-state index contributed by atoms with van der Waals surface area (Å²) < 4.78 is 21.8. The Hall–Kier alpha value is -3.10. The Morgan fingerprint density at radius 2 is 1.82 bits per heavy atom. The quantitative estimate of drug-likeness (QED) is 0.426. The lowest BCUT2D eigenvalue weighted by Gasteiger charge is -2.29. The second-order valence-corrected chi connectivity index (χ2v) is 11.6. The number of hydrogen-bond acceptors (Lipinski definition) is 4. The van der Waals surface area contributed by atoms with Crippen LogP contribution in [0.2, 0.25) is 10.0 Å². The number of carbonyl (C=O) groups excluding carboxylic acids is 2. The summed E-state index contributed by atoms with van der Waals surface area (Å²) in [5, 5.41) is 6.75. The molecule has 2 aliphatic carbocycles. The highest BCUT2D eigenvalue weighted by molar-refractivity contribution is 6.31. The van der Waals surface area contributed by atoms with E-state index in [-0.39, 0.29) is 34.0 Å². The molecule has 3 aromatic rings. The van der Waals surface area contributed by atoms with Gasteiger partial charge in [-0.1, -0.05) is 23.2 Å². The largest absolute Gasteiger partial charge is 0.480 e. The Morgan fingerprint density at radius 3 is 2.56 bits per heavy atom. The molecule has 10 heteroatoms. The van der Waals surface area contributed by atoms with Gasteiger partial charge in [-0.2, -0.15) is 0 Å². The summed E-state index contributed by atoms with van der Waals surface area (Å²) in [6, 6.07) is 8.04. The number of halogens is 3. The number of aromatic nitrogens is 1. The highest BCUT2D eigenvalue weighted by Gasteiger charge is 2.31. The zero-order valence-electron chi connectivity index (χ0n) is 21.1. The molecule has 1 aliphatic heterocycles. The second-order valence-electron chi connectivity index (χ2n) is 10.8. The second kappa shape index (κ2) is 10.5. The zero-order valence-corrected chi connectivity index (χ0v) is 22.7. The zero-order chi connectivity index (χ0) is 27.3. The monoisotopic (exact) mass is 571 g/mol. The molecule has 1 unspecified atom stereocenters. The molecular weight excluding hydrogens is 544 g/mol. The molecule has 2 fully saturated rings. The Bertz CT molecular complexity index is 1530. The number of pyridine rings is 1. The SMILES string of the molecule is O=C(NC1CCC(CNC(=O)C2Cc3cc(Cl)ccc3O2)CC1)c1cn(C2CC2)c2cc(Cl)c(F)cc2c1=O. The fraction of sp³-hybridized carbons (Fsp3) is 0.414. The van der Waals surface area contributed by atoms with Gasteiger partial charge in [-0.3, -0.25) is 14.4 Å². The van der Waals surface area contributed by atoms with Crippen LogP contribution in [0.4, 0.5) is 4.39 Å². The molecule has 2 aromatic carbocycles. The van der Waals surface area contributed by atoms with E-state index in [0.717, 1.165) is 50.2 Å². The molecule has 204 valence electrons. The van der Waals surface area contributed by atoms with Crippen molar-refractivity contribution in [1.29, 1.82) is 0 Å². The van der Waals surface area contributed by atoms with Crippen LogP contribution in [0.25, 0.3) is 10.9 Å². The van der Waals surface area contributed by atoms with Crippen LogP contribution < -0.4 is 20.8 Å². The van der Waals surface area contributed by atoms with E-state index in [9.17, 15) is 18.8 Å². The van der Waals surface area contributed by atoms with Gasteiger partial charge in [-0.05, 0) is 80.3 Å². The fourth-order valence-electron chi connectivity index (χ4n) is 5.66. The van der Waals surface area contributed by atoms with Crippen molar-refractivity contribution in [1.82, 2.24) is 15.2 Å². The van der Waals surface area contributed by atoms with Crippen LogP contribution in [-0.4, -0.2) is 35.1 Å². The van der Waals surface area contributed by atoms with Crippen LogP contribution in [0.3, 0.4) is 0 Å². The maximum Gasteiger partial charge on any atom is 0.261 e. The predicted octanol–water partition coefficient (Wildman–Crippen LogP) is 5.19. The minimum atomic E-state index is -0.681. The molecule has 3 aliphatic rings. The Morgan fingerprint density at radius 1 is 1.05 bits per heavy atom. The van der Waals surface area contributed by atoms with Crippen molar-refractivity contribution in [3.63, 3.8) is 0 Å². The first-order valence-electron chi connectivity index (χ1n) is 13.3. The predicted molar refractivity (Wildman–Crippen MR) is 147 cm³/mol. The molecule has 2 amide bonds. The van der Waals surface area contributed by atoms with Gasteiger partial charge in [-0.15, -0.1) is 0 Å². The first-order valence-corrected chi connectivity index (χ1v) is 14.1. The number of ether oxygens (including phenoxy) is 1. The third-order valence-electron chi connectivity index (χ3n) is 8.00. The average molecular weight is 572 g/mol. The molecule has 6 rings (SSSR count). The molecule has 2 heterocycles. The topological polar surface area (TPSA) is 89.4 Å². The number of fused-ring (bicyclic) bond motifs is 2. The minimum Gasteiger partial charge on any atom is -0.480 e. The molecule has 0 bridgehead atoms. The Balaban J connectivity index is 1.04. The summed E-state index contributed by atoms with van der Waals surface area (Å²) in [6.45, 7) is 0.543. The van der Waals surface area contributed by atoms with E-state index in [1.807, 2.05) is 10.6 Å². The van der Waals surface area contributed by atoms with E-state index in [2.05, 4.69) is 10.6 Å². The molecule has 1 aromatic heterocycles. The number of rotatable bonds is 6. The van der Waals surface area contributed by atoms with Crippen LogP contribution in [0.5, 0.6) is 5.75 Å². The van der Waals surface area contributed by atoms with Crippen LogP contribution in [0, 0.1) is 11.7 Å². The van der Waals surface area contributed by atoms with Gasteiger partial charge in [0.1, 0.15) is 17.1 Å². The van der Waals surface area contributed by atoms with Gasteiger partial charge in [0.05, 0.1) is 10.5 Å². The number of nitrogens with one attached hydrogen (secondary N) is 2. The summed E-state index contributed by atoms with van der Waals surface area (Å²) in [6.07, 6.45) is 6.55. The average Bonchev–Trinajstić information content (AvgIpc) is 3.67. The van der Waals surface area contributed by atoms with E-state index in [1.54, 1.807) is 18.3 Å². The molecule has 39 heavy (non-hydrogen) atoms. The summed E-state index contributed by atoms with van der Waals surface area (Å²) in [4.78, 5) is 39.0. The van der Waals surface area contributed by atoms with E-state index in [1.165, 1.54) is 6.07 Å². The molecule has 0 radical (unpaired) electrons. The highest BCUT2D eigenvalue weighted by Crippen LogP contribution is 2.38. The lowest BCUT2D eigenvalue weighted by atomic mass is 9.86. The van der Waals surface area contributed by atoms with Crippen molar-refractivity contribution >= 4 is 45.9 Å². The minimum absolute atomic E-state index is 0.0179. The van der Waals surface area contributed by atoms with Crippen LogP contribution in [-0.2, 0) is 11.2 Å². The number of amides is 2. The maximum absolute atomic E-state index is 14.2. The van der Waals surface area contributed by atoms with Gasteiger partial charge in [0.15, 0.2) is 6.10 Å². The molecule has 2 saturated carbocycles. The highest BCUT2D eigenvalue weighted by atomic mass is 35.5. The third-order valence-corrected chi connectivity index (χ3v) is 8.52. The van der Waals surface area contributed by atoms with Crippen molar-refractivity contribution in [2.24, 2.45) is 5.92 Å². The lowest BCUT2D eigenvalue weighted by molar-refractivity contribution is -0.127. The standard InChI is InChI=1S/C29H28Cl2FN3O4/c30-17-3-8-25-16(9-17)10-26(39-25)29(38)33-13-15-1-4-18(5-2-15)34-28(37)21-14-35(19-6-7-19)24-12-22(31)23(32)11-20(24)27(21)36/h3,8-9,11-12,14-15,18-19,26H,1-2,4-7,10,13H2,(H,33,38)(H,34,37). The van der Waals surface area contributed by atoms with Crippen LogP contribution >= 0.6 is 23.2 Å². The van der Waals surface area contributed by atoms with Gasteiger partial charge in [0.25, 0.3) is 11.8 Å². The molecule has 2 N–H and O–H groups in total. The van der Waals surface area contributed by atoms with E-state index < -0.39 is 23.3 Å². The van der Waals surface area contributed by atoms with E-state index >= 15 is 0 Å².